The van der Waals surface area contributed by atoms with E-state index in [-0.39, 0.29) is 17.0 Å². The number of furan rings is 1. The largest absolute Gasteiger partial charge is 0.464 e. The number of aromatic nitrogens is 1. The fourth-order valence-corrected chi connectivity index (χ4v) is 3.66. The maximum absolute atomic E-state index is 15.5. The second kappa shape index (κ2) is 8.95. The molecule has 9 heteroatoms. The van der Waals surface area contributed by atoms with Gasteiger partial charge < -0.3 is 9.73 Å². The Labute approximate surface area is 181 Å². The summed E-state index contributed by atoms with van der Waals surface area (Å²) in [4.78, 5) is 28.8. The van der Waals surface area contributed by atoms with Crippen LogP contribution in [0.15, 0.2) is 47.1 Å². The Morgan fingerprint density at radius 2 is 1.97 bits per heavy atom. The van der Waals surface area contributed by atoms with Gasteiger partial charge in [0.2, 0.25) is 11.9 Å². The van der Waals surface area contributed by atoms with Gasteiger partial charge in [-0.15, -0.1) is 0 Å². The second-order valence-electron chi connectivity index (χ2n) is 7.16. The zero-order valence-electron chi connectivity index (χ0n) is 16.3. The van der Waals surface area contributed by atoms with E-state index in [1.165, 1.54) is 18.4 Å². The third-order valence-electron chi connectivity index (χ3n) is 5.11. The highest BCUT2D eigenvalue weighted by atomic mass is 35.5. The van der Waals surface area contributed by atoms with Crippen molar-refractivity contribution in [3.63, 3.8) is 0 Å². The topological polar surface area (TPSA) is 84.2 Å². The van der Waals surface area contributed by atoms with E-state index in [0.717, 1.165) is 13.0 Å². The number of hydrogen-bond acceptors (Lipinski definition) is 5. The van der Waals surface area contributed by atoms with E-state index in [2.05, 4.69) is 15.6 Å². The predicted octanol–water partition coefficient (Wildman–Crippen LogP) is 4.20. The molecule has 1 aliphatic rings. The molecule has 0 aliphatic carbocycles. The molecule has 160 valence electrons. The minimum absolute atomic E-state index is 0.0547. The van der Waals surface area contributed by atoms with Gasteiger partial charge in [-0.3, -0.25) is 14.9 Å². The van der Waals surface area contributed by atoms with Gasteiger partial charge in [-0.1, -0.05) is 23.7 Å². The van der Waals surface area contributed by atoms with Crippen LogP contribution in [0, 0.1) is 17.7 Å². The van der Waals surface area contributed by atoms with Crippen molar-refractivity contribution >= 4 is 23.4 Å². The zero-order valence-corrected chi connectivity index (χ0v) is 17.0. The van der Waals surface area contributed by atoms with Crippen molar-refractivity contribution in [1.82, 2.24) is 15.6 Å². The molecule has 1 aliphatic heterocycles. The van der Waals surface area contributed by atoms with Gasteiger partial charge in [0.25, 0.3) is 5.91 Å². The number of rotatable bonds is 4. The number of imide groups is 1. The lowest BCUT2D eigenvalue weighted by molar-refractivity contribution is -0.124. The first kappa shape index (κ1) is 21.1. The summed E-state index contributed by atoms with van der Waals surface area (Å²) in [7, 11) is 0. The van der Waals surface area contributed by atoms with Gasteiger partial charge in [-0.2, -0.15) is 4.39 Å². The Hall–Kier alpha value is -3.10. The van der Waals surface area contributed by atoms with Crippen LogP contribution in [0.25, 0.3) is 22.6 Å². The van der Waals surface area contributed by atoms with Crippen molar-refractivity contribution in [2.24, 2.45) is 5.92 Å². The van der Waals surface area contributed by atoms with Crippen molar-refractivity contribution < 1.29 is 22.8 Å². The Morgan fingerprint density at radius 1 is 1.19 bits per heavy atom. The highest BCUT2D eigenvalue weighted by molar-refractivity contribution is 6.30. The van der Waals surface area contributed by atoms with Crippen molar-refractivity contribution in [2.75, 3.05) is 13.1 Å². The van der Waals surface area contributed by atoms with Gasteiger partial charge in [-0.25, -0.2) is 9.37 Å². The van der Waals surface area contributed by atoms with Crippen molar-refractivity contribution in [1.29, 1.82) is 0 Å². The average molecular weight is 446 g/mol. The minimum atomic E-state index is -1.33. The SMILES string of the molecule is O=C(NC(=O)C1CCCNC1)c1c(F)nc(-c2ccc(Cl)cc2)c(-c2ccco2)c1F. The number of piperidine rings is 1. The van der Waals surface area contributed by atoms with Crippen LogP contribution in [0.1, 0.15) is 23.2 Å². The summed E-state index contributed by atoms with van der Waals surface area (Å²) in [6.07, 6.45) is 2.68. The Morgan fingerprint density at radius 3 is 2.61 bits per heavy atom. The number of nitrogens with one attached hydrogen (secondary N) is 2. The third-order valence-corrected chi connectivity index (χ3v) is 5.36. The number of pyridine rings is 1. The zero-order chi connectivity index (χ0) is 22.0. The molecular weight excluding hydrogens is 428 g/mol. The Balaban J connectivity index is 1.75. The molecule has 4 rings (SSSR count). The van der Waals surface area contributed by atoms with Crippen molar-refractivity contribution in [3.05, 3.63) is 65.0 Å². The molecule has 2 amide bonds. The fourth-order valence-electron chi connectivity index (χ4n) is 3.54. The van der Waals surface area contributed by atoms with Gasteiger partial charge in [0.1, 0.15) is 11.3 Å². The van der Waals surface area contributed by atoms with Gasteiger partial charge >= 0.3 is 0 Å². The molecule has 0 bridgehead atoms. The van der Waals surface area contributed by atoms with E-state index < -0.39 is 35.1 Å². The molecule has 1 unspecified atom stereocenters. The molecule has 6 nitrogen and oxygen atoms in total. The quantitative estimate of drug-likeness (QED) is 0.464. The Bertz CT molecular complexity index is 1110. The highest BCUT2D eigenvalue weighted by Gasteiger charge is 2.30. The third kappa shape index (κ3) is 4.35. The van der Waals surface area contributed by atoms with E-state index in [9.17, 15) is 14.0 Å². The molecule has 0 radical (unpaired) electrons. The van der Waals surface area contributed by atoms with Crippen LogP contribution in [0.5, 0.6) is 0 Å². The summed E-state index contributed by atoms with van der Waals surface area (Å²) >= 11 is 5.90. The summed E-state index contributed by atoms with van der Waals surface area (Å²) in [5.74, 6) is -4.66. The first-order valence-corrected chi connectivity index (χ1v) is 10.1. The Kier molecular flexibility index (Phi) is 6.11. The molecule has 1 fully saturated rings. The van der Waals surface area contributed by atoms with Crippen LogP contribution in [0.3, 0.4) is 0 Å². The van der Waals surface area contributed by atoms with Crippen LogP contribution in [0.4, 0.5) is 8.78 Å². The molecule has 1 atom stereocenters. The number of benzene rings is 1. The molecule has 3 aromatic rings. The van der Waals surface area contributed by atoms with E-state index in [1.807, 2.05) is 0 Å². The molecule has 2 aromatic heterocycles. The van der Waals surface area contributed by atoms with Crippen molar-refractivity contribution in [3.8, 4) is 22.6 Å². The van der Waals surface area contributed by atoms with Crippen LogP contribution >= 0.6 is 11.6 Å². The van der Waals surface area contributed by atoms with Gasteiger partial charge in [0, 0.05) is 17.1 Å². The lowest BCUT2D eigenvalue weighted by Gasteiger charge is -2.21. The lowest BCUT2D eigenvalue weighted by Crippen LogP contribution is -2.43. The molecule has 3 heterocycles. The highest BCUT2D eigenvalue weighted by Crippen LogP contribution is 2.36. The molecule has 1 saturated heterocycles. The van der Waals surface area contributed by atoms with E-state index >= 15 is 4.39 Å². The maximum atomic E-state index is 15.5. The molecule has 0 saturated carbocycles. The molecule has 2 N–H and O–H groups in total. The number of halogens is 3. The second-order valence-corrected chi connectivity index (χ2v) is 7.60. The number of hydrogen-bond donors (Lipinski definition) is 2. The minimum Gasteiger partial charge on any atom is -0.464 e. The van der Waals surface area contributed by atoms with Crippen LogP contribution in [-0.4, -0.2) is 29.9 Å². The van der Waals surface area contributed by atoms with E-state index in [1.54, 1.807) is 24.3 Å². The van der Waals surface area contributed by atoms with Gasteiger partial charge in [0.15, 0.2) is 5.82 Å². The fraction of sp³-hybridized carbons (Fsp3) is 0.227. The standard InChI is InChI=1S/C22H18ClF2N3O3/c23-14-7-5-12(6-8-14)19-16(15-4-2-10-31-15)18(24)17(20(25)27-19)22(30)28-21(29)13-3-1-9-26-11-13/h2,4-8,10,13,26H,1,3,9,11H2,(H,28,29,30). The molecule has 1 aromatic carbocycles. The smallest absolute Gasteiger partial charge is 0.265 e. The van der Waals surface area contributed by atoms with E-state index in [4.69, 9.17) is 16.0 Å². The predicted molar refractivity (Wildman–Crippen MR) is 110 cm³/mol. The summed E-state index contributed by atoms with van der Waals surface area (Å²) in [6, 6.07) is 9.21. The summed E-state index contributed by atoms with van der Waals surface area (Å²) in [5, 5.41) is 5.60. The number of nitrogens with zero attached hydrogens (tertiary/aromatic N) is 1. The molecule has 0 spiro atoms. The average Bonchev–Trinajstić information content (AvgIpc) is 3.29. The normalized spacial score (nSPS) is 16.2. The summed E-state index contributed by atoms with van der Waals surface area (Å²) in [6.45, 7) is 1.18. The first-order chi connectivity index (χ1) is 15.0. The van der Waals surface area contributed by atoms with Gasteiger partial charge in [0.05, 0.1) is 23.4 Å². The number of carbonyl (C=O) groups excluding carboxylic acids is 2. The van der Waals surface area contributed by atoms with E-state index in [0.29, 0.717) is 23.6 Å². The molecule has 31 heavy (non-hydrogen) atoms. The van der Waals surface area contributed by atoms with Crippen LogP contribution < -0.4 is 10.6 Å². The first-order valence-electron chi connectivity index (χ1n) is 9.70. The monoisotopic (exact) mass is 445 g/mol. The van der Waals surface area contributed by atoms with Crippen LogP contribution in [-0.2, 0) is 4.79 Å². The maximum Gasteiger partial charge on any atom is 0.265 e. The number of carbonyl (C=O) groups is 2. The summed E-state index contributed by atoms with van der Waals surface area (Å²) < 4.78 is 35.7. The van der Waals surface area contributed by atoms with Crippen LogP contribution in [0.2, 0.25) is 5.02 Å². The lowest BCUT2D eigenvalue weighted by atomic mass is 9.98. The molecular formula is C22H18ClF2N3O3. The van der Waals surface area contributed by atoms with Gasteiger partial charge in [-0.05, 0) is 43.7 Å². The van der Waals surface area contributed by atoms with Crippen molar-refractivity contribution in [2.45, 2.75) is 12.8 Å². The number of amides is 2. The summed E-state index contributed by atoms with van der Waals surface area (Å²) in [5.41, 5.74) is -0.808.